The maximum absolute atomic E-state index is 9.96. The molecule has 1 aromatic carbocycles. The number of aliphatic imine (C=N–C) groups is 1. The van der Waals surface area contributed by atoms with Gasteiger partial charge in [0.2, 0.25) is 0 Å². The van der Waals surface area contributed by atoms with Gasteiger partial charge in [-0.2, -0.15) is 0 Å². The lowest BCUT2D eigenvalue weighted by molar-refractivity contribution is 0.443. The Morgan fingerprint density at radius 2 is 2.05 bits per heavy atom. The predicted octanol–water partition coefficient (Wildman–Crippen LogP) is 4.28. The molecule has 0 spiro atoms. The Bertz CT molecular complexity index is 612. The smallest absolute Gasteiger partial charge is 0.198 e. The Kier molecular flexibility index (Phi) is 3.47. The highest BCUT2D eigenvalue weighted by atomic mass is 35.5. The van der Waals surface area contributed by atoms with Crippen LogP contribution in [0.25, 0.3) is 10.9 Å². The molecule has 1 heterocycles. The van der Waals surface area contributed by atoms with Gasteiger partial charge in [0.25, 0.3) is 0 Å². The van der Waals surface area contributed by atoms with Crippen molar-refractivity contribution in [3.63, 3.8) is 0 Å². The number of aromatic nitrogens is 1. The molecule has 2 N–H and O–H groups in total. The van der Waals surface area contributed by atoms with E-state index in [1.807, 2.05) is 18.2 Å². The molecule has 0 radical (unpaired) electrons. The molecule has 1 aliphatic rings. The number of H-pyrrole nitrogens is 1. The molecule has 3 nitrogen and oxygen atoms in total. The third kappa shape index (κ3) is 2.61. The van der Waals surface area contributed by atoms with Gasteiger partial charge in [-0.25, -0.2) is 0 Å². The number of hydrogen-bond donors (Lipinski definition) is 2. The molecule has 100 valence electrons. The van der Waals surface area contributed by atoms with E-state index in [0.717, 1.165) is 29.3 Å². The molecular formula is C15H17ClN2O. The number of nitrogens with one attached hydrogen (secondary N) is 1. The average Bonchev–Trinajstić information content (AvgIpc) is 2.73. The van der Waals surface area contributed by atoms with Gasteiger partial charge in [0, 0.05) is 28.2 Å². The topological polar surface area (TPSA) is 48.4 Å². The van der Waals surface area contributed by atoms with E-state index >= 15 is 0 Å². The van der Waals surface area contributed by atoms with Gasteiger partial charge in [-0.05, 0) is 31.0 Å². The van der Waals surface area contributed by atoms with Crippen molar-refractivity contribution in [1.82, 2.24) is 4.98 Å². The van der Waals surface area contributed by atoms with E-state index in [-0.39, 0.29) is 5.88 Å². The van der Waals surface area contributed by atoms with E-state index in [1.165, 1.54) is 19.3 Å². The van der Waals surface area contributed by atoms with E-state index in [2.05, 4.69) is 9.98 Å². The highest BCUT2D eigenvalue weighted by Gasteiger charge is 2.13. The van der Waals surface area contributed by atoms with E-state index in [4.69, 9.17) is 11.6 Å². The molecule has 1 fully saturated rings. The average molecular weight is 277 g/mol. The zero-order chi connectivity index (χ0) is 13.2. The summed E-state index contributed by atoms with van der Waals surface area (Å²) in [6.07, 6.45) is 7.93. The lowest BCUT2D eigenvalue weighted by Gasteiger charge is -2.16. The minimum Gasteiger partial charge on any atom is -0.494 e. The van der Waals surface area contributed by atoms with Gasteiger partial charge in [0.05, 0.1) is 5.56 Å². The fraction of sp³-hybridized carbons (Fsp3) is 0.400. The van der Waals surface area contributed by atoms with E-state index < -0.39 is 0 Å². The minimum absolute atomic E-state index is 0.164. The van der Waals surface area contributed by atoms with E-state index in [9.17, 15) is 5.11 Å². The van der Waals surface area contributed by atoms with Crippen molar-refractivity contribution in [3.8, 4) is 5.88 Å². The van der Waals surface area contributed by atoms with Crippen molar-refractivity contribution < 1.29 is 5.11 Å². The lowest BCUT2D eigenvalue weighted by Crippen LogP contribution is -2.09. The summed E-state index contributed by atoms with van der Waals surface area (Å²) in [5.74, 6) is 0.164. The molecular weight excluding hydrogens is 260 g/mol. The van der Waals surface area contributed by atoms with Crippen molar-refractivity contribution in [1.29, 1.82) is 0 Å². The molecule has 2 aromatic rings. The first kappa shape index (κ1) is 12.5. The molecule has 1 aromatic heterocycles. The maximum Gasteiger partial charge on any atom is 0.198 e. The van der Waals surface area contributed by atoms with Crippen LogP contribution in [0.5, 0.6) is 5.88 Å². The fourth-order valence-electron chi connectivity index (χ4n) is 2.71. The summed E-state index contributed by atoms with van der Waals surface area (Å²) in [6, 6.07) is 5.93. The molecule has 4 heteroatoms. The fourth-order valence-corrected chi connectivity index (χ4v) is 2.88. The van der Waals surface area contributed by atoms with Gasteiger partial charge in [-0.3, -0.25) is 4.99 Å². The van der Waals surface area contributed by atoms with E-state index in [1.54, 1.807) is 6.21 Å². The number of nitrogens with zero attached hydrogens (tertiary/aromatic N) is 1. The summed E-state index contributed by atoms with van der Waals surface area (Å²) >= 11 is 6.01. The number of hydrogen-bond acceptors (Lipinski definition) is 2. The molecule has 19 heavy (non-hydrogen) atoms. The molecule has 3 rings (SSSR count). The van der Waals surface area contributed by atoms with Gasteiger partial charge in [-0.1, -0.05) is 30.9 Å². The molecule has 1 aliphatic carbocycles. The minimum atomic E-state index is 0.164. The quantitative estimate of drug-likeness (QED) is 0.790. The first-order chi connectivity index (χ1) is 9.24. The van der Waals surface area contributed by atoms with Crippen LogP contribution in [-0.2, 0) is 0 Å². The Morgan fingerprint density at radius 3 is 2.84 bits per heavy atom. The van der Waals surface area contributed by atoms with Gasteiger partial charge in [-0.15, -0.1) is 0 Å². The van der Waals surface area contributed by atoms with Crippen molar-refractivity contribution in [2.45, 2.75) is 38.1 Å². The van der Waals surface area contributed by atoms with Crippen LogP contribution in [0.3, 0.4) is 0 Å². The second kappa shape index (κ2) is 5.25. The molecule has 0 unspecified atom stereocenters. The Morgan fingerprint density at radius 1 is 1.26 bits per heavy atom. The lowest BCUT2D eigenvalue weighted by atomic mass is 9.96. The van der Waals surface area contributed by atoms with Gasteiger partial charge >= 0.3 is 0 Å². The van der Waals surface area contributed by atoms with Crippen LogP contribution in [0.15, 0.2) is 23.2 Å². The van der Waals surface area contributed by atoms with Crippen LogP contribution in [0.2, 0.25) is 5.02 Å². The van der Waals surface area contributed by atoms with Crippen molar-refractivity contribution in [2.24, 2.45) is 4.99 Å². The first-order valence-electron chi connectivity index (χ1n) is 6.77. The molecule has 0 amide bonds. The first-order valence-corrected chi connectivity index (χ1v) is 7.15. The highest BCUT2D eigenvalue weighted by molar-refractivity contribution is 6.31. The third-order valence-electron chi connectivity index (χ3n) is 3.77. The van der Waals surface area contributed by atoms with Crippen LogP contribution < -0.4 is 0 Å². The largest absolute Gasteiger partial charge is 0.494 e. The van der Waals surface area contributed by atoms with Crippen molar-refractivity contribution in [3.05, 3.63) is 28.8 Å². The second-order valence-electron chi connectivity index (χ2n) is 5.15. The van der Waals surface area contributed by atoms with E-state index in [0.29, 0.717) is 11.1 Å². The zero-order valence-corrected chi connectivity index (χ0v) is 11.5. The van der Waals surface area contributed by atoms with Crippen LogP contribution >= 0.6 is 11.6 Å². The zero-order valence-electron chi connectivity index (χ0n) is 10.7. The normalized spacial score (nSPS) is 17.5. The number of aromatic hydroxyl groups is 1. The Balaban J connectivity index is 1.92. The number of fused-ring (bicyclic) bond motifs is 1. The molecule has 1 saturated carbocycles. The van der Waals surface area contributed by atoms with Crippen molar-refractivity contribution in [2.75, 3.05) is 0 Å². The summed E-state index contributed by atoms with van der Waals surface area (Å²) < 4.78 is 0. The highest BCUT2D eigenvalue weighted by Crippen LogP contribution is 2.28. The number of aromatic amines is 1. The molecule has 0 atom stereocenters. The van der Waals surface area contributed by atoms with Gasteiger partial charge < -0.3 is 10.1 Å². The Hall–Kier alpha value is -1.48. The number of rotatable bonds is 2. The van der Waals surface area contributed by atoms with Gasteiger partial charge in [0.1, 0.15) is 0 Å². The maximum atomic E-state index is 9.96. The molecule has 0 saturated heterocycles. The monoisotopic (exact) mass is 276 g/mol. The van der Waals surface area contributed by atoms with Crippen LogP contribution in [0.1, 0.15) is 37.7 Å². The number of benzene rings is 1. The predicted molar refractivity (Wildman–Crippen MR) is 79.4 cm³/mol. The van der Waals surface area contributed by atoms with Gasteiger partial charge in [0.15, 0.2) is 5.88 Å². The van der Waals surface area contributed by atoms with Crippen LogP contribution in [-0.4, -0.2) is 22.3 Å². The molecule has 0 aliphatic heterocycles. The van der Waals surface area contributed by atoms with Crippen LogP contribution in [0, 0.1) is 0 Å². The summed E-state index contributed by atoms with van der Waals surface area (Å²) in [6.45, 7) is 0. The summed E-state index contributed by atoms with van der Waals surface area (Å²) in [5, 5.41) is 11.6. The molecule has 0 bridgehead atoms. The van der Waals surface area contributed by atoms with Crippen molar-refractivity contribution >= 4 is 28.7 Å². The summed E-state index contributed by atoms with van der Waals surface area (Å²) in [7, 11) is 0. The summed E-state index contributed by atoms with van der Waals surface area (Å²) in [5.41, 5.74) is 1.62. The summed E-state index contributed by atoms with van der Waals surface area (Å²) in [4.78, 5) is 7.57. The standard InChI is InChI=1S/C15H17ClN2O/c16-10-6-7-14-12(8-10)13(15(19)18-14)9-17-11-4-2-1-3-5-11/h6-9,11,18-19H,1-5H2. The Labute approximate surface area is 117 Å². The van der Waals surface area contributed by atoms with Crippen LogP contribution in [0.4, 0.5) is 0 Å². The SMILES string of the molecule is Oc1[nH]c2ccc(Cl)cc2c1C=NC1CCCCC1. The third-order valence-corrected chi connectivity index (χ3v) is 4.00. The second-order valence-corrected chi connectivity index (χ2v) is 5.58. The number of halogens is 1.